The predicted octanol–water partition coefficient (Wildman–Crippen LogP) is 3.63. The predicted molar refractivity (Wildman–Crippen MR) is 89.3 cm³/mol. The summed E-state index contributed by atoms with van der Waals surface area (Å²) in [6, 6.07) is 14.1. The minimum atomic E-state index is -0.240. The minimum absolute atomic E-state index is 0.00700. The molecule has 3 rings (SSSR count). The summed E-state index contributed by atoms with van der Waals surface area (Å²) in [6.45, 7) is 1.51. The van der Waals surface area contributed by atoms with Gasteiger partial charge in [0.15, 0.2) is 5.78 Å². The molecule has 0 atom stereocenters. The number of hydrogen-bond donors (Lipinski definition) is 2. The summed E-state index contributed by atoms with van der Waals surface area (Å²) < 4.78 is 5.18. The van der Waals surface area contributed by atoms with Crippen LogP contribution in [0.4, 0.5) is 5.69 Å². The van der Waals surface area contributed by atoms with Crippen LogP contribution >= 0.6 is 0 Å². The van der Waals surface area contributed by atoms with Gasteiger partial charge in [0.05, 0.1) is 7.11 Å². The molecule has 0 radical (unpaired) electrons. The Labute approximate surface area is 133 Å². The van der Waals surface area contributed by atoms with Crippen LogP contribution in [-0.2, 0) is 0 Å². The molecule has 5 heteroatoms. The molecule has 0 spiro atoms. The van der Waals surface area contributed by atoms with Crippen molar-refractivity contribution in [1.82, 2.24) is 4.98 Å². The van der Waals surface area contributed by atoms with Gasteiger partial charge in [-0.25, -0.2) is 0 Å². The van der Waals surface area contributed by atoms with Crippen LogP contribution in [0.1, 0.15) is 27.8 Å². The molecule has 3 aromatic rings. The molecule has 1 heterocycles. The van der Waals surface area contributed by atoms with E-state index in [1.54, 1.807) is 37.4 Å². The van der Waals surface area contributed by atoms with Gasteiger partial charge in [0.1, 0.15) is 11.4 Å². The van der Waals surface area contributed by atoms with Crippen molar-refractivity contribution in [3.05, 3.63) is 59.8 Å². The van der Waals surface area contributed by atoms with Crippen LogP contribution in [0.2, 0.25) is 0 Å². The molecule has 0 saturated heterocycles. The highest BCUT2D eigenvalue weighted by Gasteiger charge is 2.10. The van der Waals surface area contributed by atoms with Gasteiger partial charge in [0.25, 0.3) is 5.91 Å². The van der Waals surface area contributed by atoms with Crippen LogP contribution in [-0.4, -0.2) is 23.8 Å². The number of carbonyl (C=O) groups excluding carboxylic acids is 2. The first-order valence-electron chi connectivity index (χ1n) is 7.16. The Balaban J connectivity index is 1.81. The van der Waals surface area contributed by atoms with E-state index >= 15 is 0 Å². The average molecular weight is 308 g/mol. The smallest absolute Gasteiger partial charge is 0.272 e. The van der Waals surface area contributed by atoms with E-state index < -0.39 is 0 Å². The molecular formula is C18H16N2O3. The first-order chi connectivity index (χ1) is 11.1. The van der Waals surface area contributed by atoms with Crippen molar-refractivity contribution >= 4 is 28.3 Å². The number of H-pyrrole nitrogens is 1. The van der Waals surface area contributed by atoms with Crippen molar-refractivity contribution in [2.75, 3.05) is 12.4 Å². The number of anilines is 1. The molecule has 0 fully saturated rings. The Bertz CT molecular complexity index is 879. The summed E-state index contributed by atoms with van der Waals surface area (Å²) in [5, 5.41) is 3.71. The van der Waals surface area contributed by atoms with E-state index in [0.29, 0.717) is 16.9 Å². The number of aromatic nitrogens is 1. The van der Waals surface area contributed by atoms with Gasteiger partial charge in [-0.15, -0.1) is 0 Å². The van der Waals surface area contributed by atoms with Crippen molar-refractivity contribution in [3.63, 3.8) is 0 Å². The molecule has 0 saturated carbocycles. The molecular weight excluding hydrogens is 292 g/mol. The quantitative estimate of drug-likeness (QED) is 0.723. The Kier molecular flexibility index (Phi) is 3.85. The lowest BCUT2D eigenvalue weighted by Crippen LogP contribution is -2.12. The molecule has 23 heavy (non-hydrogen) atoms. The lowest BCUT2D eigenvalue weighted by atomic mass is 10.1. The van der Waals surface area contributed by atoms with E-state index in [2.05, 4.69) is 10.3 Å². The van der Waals surface area contributed by atoms with Crippen LogP contribution in [0, 0.1) is 0 Å². The number of aromatic amines is 1. The van der Waals surface area contributed by atoms with Crippen molar-refractivity contribution in [3.8, 4) is 5.75 Å². The maximum Gasteiger partial charge on any atom is 0.272 e. The number of benzene rings is 2. The van der Waals surface area contributed by atoms with Crippen LogP contribution in [0.5, 0.6) is 5.75 Å². The number of methoxy groups -OCH3 is 1. The van der Waals surface area contributed by atoms with E-state index in [1.165, 1.54) is 6.92 Å². The van der Waals surface area contributed by atoms with Gasteiger partial charge >= 0.3 is 0 Å². The monoisotopic (exact) mass is 308 g/mol. The lowest BCUT2D eigenvalue weighted by Gasteiger charge is -2.04. The van der Waals surface area contributed by atoms with Gasteiger partial charge in [-0.05, 0) is 55.5 Å². The molecule has 1 amide bonds. The Morgan fingerprint density at radius 1 is 1.04 bits per heavy atom. The number of ketones is 1. The number of amides is 1. The third kappa shape index (κ3) is 3.08. The third-order valence-corrected chi connectivity index (χ3v) is 3.62. The topological polar surface area (TPSA) is 71.2 Å². The normalized spacial score (nSPS) is 10.5. The van der Waals surface area contributed by atoms with Gasteiger partial charge < -0.3 is 15.0 Å². The van der Waals surface area contributed by atoms with Crippen molar-refractivity contribution < 1.29 is 14.3 Å². The third-order valence-electron chi connectivity index (χ3n) is 3.62. The number of rotatable bonds is 4. The Morgan fingerprint density at radius 3 is 2.43 bits per heavy atom. The second kappa shape index (κ2) is 5.96. The van der Waals surface area contributed by atoms with E-state index in [1.807, 2.05) is 18.2 Å². The zero-order valence-electron chi connectivity index (χ0n) is 12.8. The summed E-state index contributed by atoms with van der Waals surface area (Å²) in [5.41, 5.74) is 2.57. The van der Waals surface area contributed by atoms with Gasteiger partial charge in [-0.1, -0.05) is 0 Å². The van der Waals surface area contributed by atoms with Crippen LogP contribution in [0.25, 0.3) is 10.9 Å². The number of ether oxygens (including phenoxy) is 1. The molecule has 0 aliphatic rings. The largest absolute Gasteiger partial charge is 0.497 e. The van der Waals surface area contributed by atoms with Gasteiger partial charge in [0, 0.05) is 22.2 Å². The van der Waals surface area contributed by atoms with E-state index in [0.717, 1.165) is 16.7 Å². The first kappa shape index (κ1) is 14.8. The lowest BCUT2D eigenvalue weighted by molar-refractivity contribution is 0.101. The maximum absolute atomic E-state index is 12.3. The summed E-state index contributed by atoms with van der Waals surface area (Å²) in [4.78, 5) is 26.6. The molecule has 2 N–H and O–H groups in total. The molecule has 0 aliphatic heterocycles. The van der Waals surface area contributed by atoms with Gasteiger partial charge in [0.2, 0.25) is 0 Å². The minimum Gasteiger partial charge on any atom is -0.497 e. The summed E-state index contributed by atoms with van der Waals surface area (Å²) in [6.07, 6.45) is 0. The molecule has 5 nitrogen and oxygen atoms in total. The van der Waals surface area contributed by atoms with Crippen molar-refractivity contribution in [2.45, 2.75) is 6.92 Å². The van der Waals surface area contributed by atoms with E-state index in [4.69, 9.17) is 4.74 Å². The molecule has 116 valence electrons. The average Bonchev–Trinajstić information content (AvgIpc) is 2.98. The zero-order chi connectivity index (χ0) is 16.4. The first-order valence-corrected chi connectivity index (χ1v) is 7.16. The Morgan fingerprint density at radius 2 is 1.78 bits per heavy atom. The second-order valence-corrected chi connectivity index (χ2v) is 5.22. The van der Waals surface area contributed by atoms with Crippen molar-refractivity contribution in [2.24, 2.45) is 0 Å². The summed E-state index contributed by atoms with van der Waals surface area (Å²) in [5.74, 6) is 0.492. The second-order valence-electron chi connectivity index (χ2n) is 5.22. The fraction of sp³-hybridized carbons (Fsp3) is 0.111. The number of fused-ring (bicyclic) bond motifs is 1. The zero-order valence-corrected chi connectivity index (χ0v) is 12.8. The molecule has 0 aliphatic carbocycles. The van der Waals surface area contributed by atoms with Gasteiger partial charge in [-0.2, -0.15) is 0 Å². The van der Waals surface area contributed by atoms with E-state index in [9.17, 15) is 9.59 Å². The number of carbonyl (C=O) groups is 2. The highest BCUT2D eigenvalue weighted by atomic mass is 16.5. The summed E-state index contributed by atoms with van der Waals surface area (Å²) >= 11 is 0. The number of hydrogen-bond acceptors (Lipinski definition) is 3. The fourth-order valence-electron chi connectivity index (χ4n) is 2.35. The van der Waals surface area contributed by atoms with Crippen LogP contribution < -0.4 is 10.1 Å². The highest BCUT2D eigenvalue weighted by Crippen LogP contribution is 2.22. The maximum atomic E-state index is 12.3. The SMILES string of the molecule is COc1ccc2[nH]c(C(=O)Nc3ccc(C(C)=O)cc3)cc2c1. The Hall–Kier alpha value is -3.08. The van der Waals surface area contributed by atoms with Crippen LogP contribution in [0.3, 0.4) is 0 Å². The van der Waals surface area contributed by atoms with Crippen LogP contribution in [0.15, 0.2) is 48.5 Å². The molecule has 0 unspecified atom stereocenters. The van der Waals surface area contributed by atoms with Crippen molar-refractivity contribution in [1.29, 1.82) is 0 Å². The highest BCUT2D eigenvalue weighted by molar-refractivity contribution is 6.06. The standard InChI is InChI=1S/C18H16N2O3/c1-11(21)12-3-5-14(6-4-12)19-18(22)17-10-13-9-15(23-2)7-8-16(13)20-17/h3-10,20H,1-2H3,(H,19,22). The number of Topliss-reactive ketones (excluding diaryl/α,β-unsaturated/α-hetero) is 1. The summed E-state index contributed by atoms with van der Waals surface area (Å²) in [7, 11) is 1.60. The van der Waals surface area contributed by atoms with E-state index in [-0.39, 0.29) is 11.7 Å². The fourth-order valence-corrected chi connectivity index (χ4v) is 2.35. The van der Waals surface area contributed by atoms with Gasteiger partial charge in [-0.3, -0.25) is 9.59 Å². The molecule has 0 bridgehead atoms. The number of nitrogens with one attached hydrogen (secondary N) is 2. The molecule has 1 aromatic heterocycles. The molecule has 2 aromatic carbocycles.